The molecule has 3 heterocycles. The van der Waals surface area contributed by atoms with Gasteiger partial charge < -0.3 is 4.57 Å². The molecule has 262 valence electrons. The normalized spacial score (nSPS) is 11.6. The van der Waals surface area contributed by atoms with Gasteiger partial charge in [0.2, 0.25) is 0 Å². The maximum absolute atomic E-state index is 5.33. The van der Waals surface area contributed by atoms with Crippen molar-refractivity contribution in [3.05, 3.63) is 194 Å². The number of fused-ring (bicyclic) bond motifs is 6. The van der Waals surface area contributed by atoms with E-state index < -0.39 is 0 Å². The van der Waals surface area contributed by atoms with Crippen LogP contribution in [0, 0.1) is 0 Å². The van der Waals surface area contributed by atoms with E-state index in [0.717, 1.165) is 50.1 Å². The topological polar surface area (TPSA) is 43.6 Å². The highest BCUT2D eigenvalue weighted by atomic mass is 32.1. The molecule has 0 aliphatic carbocycles. The Labute approximate surface area is 327 Å². The highest BCUT2D eigenvalue weighted by molar-refractivity contribution is 7.26. The zero-order valence-corrected chi connectivity index (χ0v) is 31.0. The minimum absolute atomic E-state index is 0.613. The van der Waals surface area contributed by atoms with Gasteiger partial charge in [0, 0.05) is 47.6 Å². The van der Waals surface area contributed by atoms with Crippen molar-refractivity contribution >= 4 is 53.3 Å². The van der Waals surface area contributed by atoms with Crippen LogP contribution in [0.5, 0.6) is 0 Å². The van der Waals surface area contributed by atoms with Crippen molar-refractivity contribution in [1.29, 1.82) is 0 Å². The number of thiophene rings is 1. The second-order valence-corrected chi connectivity index (χ2v) is 15.1. The summed E-state index contributed by atoms with van der Waals surface area (Å²) in [7, 11) is 0. The predicted octanol–water partition coefficient (Wildman–Crippen LogP) is 13.7. The summed E-state index contributed by atoms with van der Waals surface area (Å²) in [5, 5.41) is 4.97. The quantitative estimate of drug-likeness (QED) is 0.171. The third kappa shape index (κ3) is 5.40. The molecule has 11 rings (SSSR count). The van der Waals surface area contributed by atoms with Crippen molar-refractivity contribution < 1.29 is 0 Å². The van der Waals surface area contributed by atoms with Gasteiger partial charge in [-0.3, -0.25) is 0 Å². The maximum atomic E-state index is 5.33. The van der Waals surface area contributed by atoms with Crippen molar-refractivity contribution in [3.8, 4) is 62.1 Å². The van der Waals surface area contributed by atoms with Gasteiger partial charge in [-0.2, -0.15) is 0 Å². The van der Waals surface area contributed by atoms with E-state index in [1.165, 1.54) is 36.5 Å². The van der Waals surface area contributed by atoms with Crippen molar-refractivity contribution in [2.75, 3.05) is 0 Å². The number of nitrogens with zero attached hydrogens (tertiary/aromatic N) is 4. The first kappa shape index (κ1) is 32.2. The summed E-state index contributed by atoms with van der Waals surface area (Å²) in [6, 6.07) is 68.5. The van der Waals surface area contributed by atoms with Crippen LogP contribution in [-0.2, 0) is 0 Å². The van der Waals surface area contributed by atoms with Gasteiger partial charge in [0.15, 0.2) is 17.5 Å². The summed E-state index contributed by atoms with van der Waals surface area (Å²) in [4.78, 5) is 15.7. The lowest BCUT2D eigenvalue weighted by Gasteiger charge is -2.16. The Morgan fingerprint density at radius 1 is 0.339 bits per heavy atom. The van der Waals surface area contributed by atoms with Crippen molar-refractivity contribution in [2.45, 2.75) is 0 Å². The van der Waals surface area contributed by atoms with E-state index in [4.69, 9.17) is 15.0 Å². The first-order chi connectivity index (χ1) is 27.8. The first-order valence-corrected chi connectivity index (χ1v) is 19.6. The predicted molar refractivity (Wildman–Crippen MR) is 234 cm³/mol. The van der Waals surface area contributed by atoms with Gasteiger partial charge in [-0.25, -0.2) is 15.0 Å². The van der Waals surface area contributed by atoms with E-state index in [1.54, 1.807) is 0 Å². The number of hydrogen-bond acceptors (Lipinski definition) is 4. The van der Waals surface area contributed by atoms with Gasteiger partial charge in [0.05, 0.1) is 16.7 Å². The van der Waals surface area contributed by atoms with Gasteiger partial charge in [-0.15, -0.1) is 11.3 Å². The third-order valence-corrected chi connectivity index (χ3v) is 11.9. The van der Waals surface area contributed by atoms with Crippen LogP contribution >= 0.6 is 11.3 Å². The zero-order chi connectivity index (χ0) is 37.0. The molecule has 0 bridgehead atoms. The van der Waals surface area contributed by atoms with Crippen LogP contribution in [0.1, 0.15) is 0 Å². The second-order valence-electron chi connectivity index (χ2n) is 14.0. The van der Waals surface area contributed by atoms with Gasteiger partial charge in [0.1, 0.15) is 0 Å². The smallest absolute Gasteiger partial charge is 0.166 e. The minimum atomic E-state index is 0.613. The molecule has 4 nitrogen and oxygen atoms in total. The molecule has 0 amide bonds. The molecule has 0 aliphatic heterocycles. The van der Waals surface area contributed by atoms with Gasteiger partial charge in [-0.05, 0) is 58.7 Å². The van der Waals surface area contributed by atoms with E-state index in [-0.39, 0.29) is 0 Å². The molecule has 3 aromatic heterocycles. The fraction of sp³-hybridized carbons (Fsp3) is 0. The molecule has 11 aromatic rings. The number of rotatable bonds is 6. The molecule has 0 unspecified atom stereocenters. The Morgan fingerprint density at radius 2 is 0.893 bits per heavy atom. The first-order valence-electron chi connectivity index (χ1n) is 18.8. The van der Waals surface area contributed by atoms with Gasteiger partial charge >= 0.3 is 0 Å². The average Bonchev–Trinajstić information content (AvgIpc) is 3.83. The fourth-order valence-electron chi connectivity index (χ4n) is 8.04. The molecule has 0 spiro atoms. The summed E-state index contributed by atoms with van der Waals surface area (Å²) in [5.74, 6) is 1.87. The van der Waals surface area contributed by atoms with Crippen LogP contribution in [-0.4, -0.2) is 19.5 Å². The van der Waals surface area contributed by atoms with Crippen LogP contribution in [0.4, 0.5) is 0 Å². The zero-order valence-electron chi connectivity index (χ0n) is 30.2. The molecule has 5 heteroatoms. The molecule has 0 aliphatic rings. The molecule has 0 fully saturated rings. The molecule has 0 saturated heterocycles. The molecule has 0 saturated carbocycles. The summed E-state index contributed by atoms with van der Waals surface area (Å²) < 4.78 is 4.93. The molecular weight excluding hydrogens is 701 g/mol. The Morgan fingerprint density at radius 3 is 1.64 bits per heavy atom. The lowest BCUT2D eigenvalue weighted by Crippen LogP contribution is -2.04. The Bertz CT molecular complexity index is 3200. The van der Waals surface area contributed by atoms with Crippen LogP contribution in [0.25, 0.3) is 104 Å². The number of benzene rings is 8. The van der Waals surface area contributed by atoms with Crippen molar-refractivity contribution in [3.63, 3.8) is 0 Å². The standard InChI is InChI=1S/C51H32N4S/c1-3-15-33(16-4-1)35-29-30-43(46(32-35)55-44-26-10-7-21-39(44)40-22-8-11-27-45(40)55)51-53-49(34-17-5-2-6-18-34)52-50(54-51)37-20-13-19-36(31-37)38-24-14-25-42-41-23-9-12-28-47(41)56-48(38)42/h1-32H. The summed E-state index contributed by atoms with van der Waals surface area (Å²) >= 11 is 1.84. The van der Waals surface area contributed by atoms with E-state index in [9.17, 15) is 0 Å². The minimum Gasteiger partial charge on any atom is -0.308 e. The van der Waals surface area contributed by atoms with E-state index in [1.807, 2.05) is 29.5 Å². The van der Waals surface area contributed by atoms with Gasteiger partial charge in [0.25, 0.3) is 0 Å². The number of hydrogen-bond donors (Lipinski definition) is 0. The number of para-hydroxylation sites is 2. The maximum Gasteiger partial charge on any atom is 0.166 e. The van der Waals surface area contributed by atoms with Crippen LogP contribution in [0.15, 0.2) is 194 Å². The summed E-state index contributed by atoms with van der Waals surface area (Å²) in [6.07, 6.45) is 0. The van der Waals surface area contributed by atoms with Crippen LogP contribution < -0.4 is 0 Å². The lowest BCUT2D eigenvalue weighted by atomic mass is 10.00. The van der Waals surface area contributed by atoms with E-state index >= 15 is 0 Å². The average molecular weight is 733 g/mol. The SMILES string of the molecule is c1ccc(-c2ccc(-c3nc(-c4ccccc4)nc(-c4cccc(-c5cccc6c5sc5ccccc56)c4)n3)c(-n3c4ccccc4c4ccccc43)c2)cc1. The van der Waals surface area contributed by atoms with Gasteiger partial charge in [-0.1, -0.05) is 158 Å². The Kier molecular flexibility index (Phi) is 7.64. The molecule has 0 atom stereocenters. The fourth-order valence-corrected chi connectivity index (χ4v) is 9.28. The van der Waals surface area contributed by atoms with Crippen molar-refractivity contribution in [2.24, 2.45) is 0 Å². The van der Waals surface area contributed by atoms with Crippen molar-refractivity contribution in [1.82, 2.24) is 19.5 Å². The molecule has 0 radical (unpaired) electrons. The molecule has 0 N–H and O–H groups in total. The van der Waals surface area contributed by atoms with Crippen LogP contribution in [0.3, 0.4) is 0 Å². The summed E-state index contributed by atoms with van der Waals surface area (Å²) in [5.41, 5.74) is 10.6. The van der Waals surface area contributed by atoms with Crippen LogP contribution in [0.2, 0.25) is 0 Å². The number of aromatic nitrogens is 4. The second kappa shape index (κ2) is 13.3. The Hall–Kier alpha value is -7.21. The Balaban J connectivity index is 1.15. The third-order valence-electron chi connectivity index (χ3n) is 10.7. The molecule has 8 aromatic carbocycles. The lowest BCUT2D eigenvalue weighted by molar-refractivity contribution is 1.06. The highest BCUT2D eigenvalue weighted by Crippen LogP contribution is 2.41. The molecular formula is C51H32N4S. The summed E-state index contributed by atoms with van der Waals surface area (Å²) in [6.45, 7) is 0. The van der Waals surface area contributed by atoms with E-state index in [2.05, 4.69) is 180 Å². The molecule has 56 heavy (non-hydrogen) atoms. The largest absolute Gasteiger partial charge is 0.308 e. The highest BCUT2D eigenvalue weighted by Gasteiger charge is 2.21. The van der Waals surface area contributed by atoms with E-state index in [0.29, 0.717) is 17.5 Å². The monoisotopic (exact) mass is 732 g/mol.